The Labute approximate surface area is 155 Å². The van der Waals surface area contributed by atoms with Crippen LogP contribution < -0.4 is 5.32 Å². The molecule has 0 aliphatic heterocycles. The maximum Gasteiger partial charge on any atom is 0.164 e. The molecule has 4 aromatic rings. The van der Waals surface area contributed by atoms with Crippen molar-refractivity contribution in [2.24, 2.45) is 7.05 Å². The quantitative estimate of drug-likeness (QED) is 0.595. The summed E-state index contributed by atoms with van der Waals surface area (Å²) in [5, 5.41) is 25.8. The molecule has 0 bridgehead atoms. The molecule has 9 heteroatoms. The highest BCUT2D eigenvalue weighted by Crippen LogP contribution is 2.28. The molecule has 0 fully saturated rings. The van der Waals surface area contributed by atoms with Gasteiger partial charge in [-0.1, -0.05) is 5.21 Å². The number of pyridine rings is 2. The van der Waals surface area contributed by atoms with Crippen LogP contribution in [-0.4, -0.2) is 40.8 Å². The van der Waals surface area contributed by atoms with Crippen molar-refractivity contribution in [3.63, 3.8) is 0 Å². The van der Waals surface area contributed by atoms with E-state index in [0.717, 1.165) is 22.3 Å². The third-order valence-electron chi connectivity index (χ3n) is 3.97. The molecule has 9 nitrogen and oxygen atoms in total. The van der Waals surface area contributed by atoms with Crippen LogP contribution in [0, 0.1) is 11.3 Å². The summed E-state index contributed by atoms with van der Waals surface area (Å²) in [4.78, 5) is 8.90. The third-order valence-corrected chi connectivity index (χ3v) is 3.97. The zero-order valence-electron chi connectivity index (χ0n) is 15.1. The van der Waals surface area contributed by atoms with Gasteiger partial charge in [0.2, 0.25) is 0 Å². The molecule has 27 heavy (non-hydrogen) atoms. The Morgan fingerprint density at radius 2 is 2.00 bits per heavy atom. The molecule has 1 N–H and O–H groups in total. The molecule has 0 aliphatic rings. The number of rotatable bonds is 4. The first kappa shape index (κ1) is 16.7. The zero-order valence-corrected chi connectivity index (χ0v) is 15.1. The van der Waals surface area contributed by atoms with Crippen LogP contribution in [-0.2, 0) is 7.05 Å². The summed E-state index contributed by atoms with van der Waals surface area (Å²) in [6.45, 7) is 4.13. The van der Waals surface area contributed by atoms with Crippen LogP contribution in [0.3, 0.4) is 0 Å². The third kappa shape index (κ3) is 3.08. The average Bonchev–Trinajstić information content (AvgIpc) is 3.26. The van der Waals surface area contributed by atoms with E-state index in [2.05, 4.69) is 50.6 Å². The van der Waals surface area contributed by atoms with Crippen LogP contribution in [0.1, 0.15) is 19.4 Å². The van der Waals surface area contributed by atoms with E-state index < -0.39 is 0 Å². The molecule has 4 rings (SSSR count). The maximum atomic E-state index is 9.03. The lowest BCUT2D eigenvalue weighted by Gasteiger charge is -2.14. The molecule has 0 unspecified atom stereocenters. The number of nitriles is 1. The maximum absolute atomic E-state index is 9.03. The molecular formula is C18H17N9. The van der Waals surface area contributed by atoms with Gasteiger partial charge in [-0.2, -0.15) is 15.0 Å². The standard InChI is InChI=1S/C18H17N9/c1-11(2)23-15-5-17(20-9-14(15)16-10-26(3)25-24-16)27-18-13(8-22-27)4-12(6-19)7-21-18/h4-5,7-11H,1-3H3,(H,20,23). The molecular weight excluding hydrogens is 342 g/mol. The fourth-order valence-corrected chi connectivity index (χ4v) is 2.82. The van der Waals surface area contributed by atoms with Gasteiger partial charge in [0.25, 0.3) is 0 Å². The molecule has 0 saturated carbocycles. The van der Waals surface area contributed by atoms with Crippen molar-refractivity contribution in [2.75, 3.05) is 5.32 Å². The van der Waals surface area contributed by atoms with Gasteiger partial charge >= 0.3 is 0 Å². The number of aryl methyl sites for hydroxylation is 1. The molecule has 134 valence electrons. The molecule has 4 heterocycles. The number of aromatic nitrogens is 7. The predicted octanol–water partition coefficient (Wildman–Crippen LogP) is 2.30. The van der Waals surface area contributed by atoms with Gasteiger partial charge < -0.3 is 5.32 Å². The van der Waals surface area contributed by atoms with Crippen molar-refractivity contribution in [1.82, 2.24) is 34.7 Å². The Bertz CT molecular complexity index is 1160. The van der Waals surface area contributed by atoms with Gasteiger partial charge in [-0.05, 0) is 19.9 Å². The molecule has 0 aromatic carbocycles. The molecule has 0 amide bonds. The number of hydrogen-bond donors (Lipinski definition) is 1. The van der Waals surface area contributed by atoms with Gasteiger partial charge in [-0.15, -0.1) is 5.10 Å². The first-order chi connectivity index (χ1) is 13.0. The van der Waals surface area contributed by atoms with E-state index in [1.165, 1.54) is 6.20 Å². The fraction of sp³-hybridized carbons (Fsp3) is 0.222. The Balaban J connectivity index is 1.83. The topological polar surface area (TPSA) is 110 Å². The van der Waals surface area contributed by atoms with Crippen molar-refractivity contribution in [2.45, 2.75) is 19.9 Å². The lowest BCUT2D eigenvalue weighted by Crippen LogP contribution is -2.12. The number of hydrogen-bond acceptors (Lipinski definition) is 7. The second-order valence-corrected chi connectivity index (χ2v) is 6.47. The Morgan fingerprint density at radius 3 is 2.70 bits per heavy atom. The monoisotopic (exact) mass is 359 g/mol. The first-order valence-electron chi connectivity index (χ1n) is 8.42. The van der Waals surface area contributed by atoms with Crippen molar-refractivity contribution in [1.29, 1.82) is 5.26 Å². The van der Waals surface area contributed by atoms with E-state index in [0.29, 0.717) is 17.0 Å². The summed E-state index contributed by atoms with van der Waals surface area (Å²) in [6.07, 6.45) is 6.80. The van der Waals surface area contributed by atoms with E-state index >= 15 is 0 Å². The molecule has 0 saturated heterocycles. The second-order valence-electron chi connectivity index (χ2n) is 6.47. The molecule has 0 aliphatic carbocycles. The van der Waals surface area contributed by atoms with E-state index in [1.54, 1.807) is 27.8 Å². The van der Waals surface area contributed by atoms with E-state index in [9.17, 15) is 0 Å². The van der Waals surface area contributed by atoms with Gasteiger partial charge in [0.05, 0.1) is 18.0 Å². The average molecular weight is 359 g/mol. The Morgan fingerprint density at radius 1 is 1.15 bits per heavy atom. The zero-order chi connectivity index (χ0) is 19.0. The Kier molecular flexibility index (Phi) is 4.01. The summed E-state index contributed by atoms with van der Waals surface area (Å²) in [6, 6.07) is 5.98. The highest BCUT2D eigenvalue weighted by atomic mass is 15.4. The minimum absolute atomic E-state index is 0.223. The van der Waals surface area contributed by atoms with Gasteiger partial charge in [0.1, 0.15) is 11.8 Å². The summed E-state index contributed by atoms with van der Waals surface area (Å²) >= 11 is 0. The van der Waals surface area contributed by atoms with E-state index in [1.807, 2.05) is 19.3 Å². The number of fused-ring (bicyclic) bond motifs is 1. The molecule has 4 aromatic heterocycles. The van der Waals surface area contributed by atoms with Crippen LogP contribution in [0.15, 0.2) is 36.9 Å². The molecule has 0 spiro atoms. The molecule has 0 radical (unpaired) electrons. The van der Waals surface area contributed by atoms with Crippen LogP contribution in [0.5, 0.6) is 0 Å². The normalized spacial score (nSPS) is 11.1. The lowest BCUT2D eigenvalue weighted by atomic mass is 10.1. The van der Waals surface area contributed by atoms with Gasteiger partial charge in [0, 0.05) is 48.2 Å². The van der Waals surface area contributed by atoms with Gasteiger partial charge in [-0.25, -0.2) is 9.97 Å². The van der Waals surface area contributed by atoms with Crippen molar-refractivity contribution >= 4 is 16.7 Å². The summed E-state index contributed by atoms with van der Waals surface area (Å²) in [5.41, 5.74) is 3.62. The van der Waals surface area contributed by atoms with Crippen molar-refractivity contribution in [3.8, 4) is 23.1 Å². The van der Waals surface area contributed by atoms with Gasteiger partial charge in [0.15, 0.2) is 11.5 Å². The summed E-state index contributed by atoms with van der Waals surface area (Å²) in [7, 11) is 1.82. The van der Waals surface area contributed by atoms with Crippen LogP contribution in [0.2, 0.25) is 0 Å². The predicted molar refractivity (Wildman–Crippen MR) is 100 cm³/mol. The highest BCUT2D eigenvalue weighted by Gasteiger charge is 2.15. The minimum Gasteiger partial charge on any atom is -0.382 e. The van der Waals surface area contributed by atoms with Gasteiger partial charge in [-0.3, -0.25) is 4.68 Å². The van der Waals surface area contributed by atoms with Crippen molar-refractivity contribution in [3.05, 3.63) is 42.5 Å². The first-order valence-corrected chi connectivity index (χ1v) is 8.42. The molecule has 0 atom stereocenters. The van der Waals surface area contributed by atoms with Crippen molar-refractivity contribution < 1.29 is 0 Å². The van der Waals surface area contributed by atoms with Crippen LogP contribution >= 0.6 is 0 Å². The smallest absolute Gasteiger partial charge is 0.164 e. The number of anilines is 1. The summed E-state index contributed by atoms with van der Waals surface area (Å²) < 4.78 is 3.31. The summed E-state index contributed by atoms with van der Waals surface area (Å²) in [5.74, 6) is 0.623. The highest BCUT2D eigenvalue weighted by molar-refractivity contribution is 5.79. The largest absolute Gasteiger partial charge is 0.382 e. The lowest BCUT2D eigenvalue weighted by molar-refractivity contribution is 0.715. The SMILES string of the molecule is CC(C)Nc1cc(-n2ncc3cc(C#N)cnc32)ncc1-c1cn(C)nn1. The van der Waals surface area contributed by atoms with Crippen LogP contribution in [0.4, 0.5) is 5.69 Å². The van der Waals surface area contributed by atoms with E-state index in [-0.39, 0.29) is 6.04 Å². The van der Waals surface area contributed by atoms with E-state index in [4.69, 9.17) is 5.26 Å². The number of nitrogens with zero attached hydrogens (tertiary/aromatic N) is 8. The Hall–Kier alpha value is -3.80. The fourth-order valence-electron chi connectivity index (χ4n) is 2.82. The minimum atomic E-state index is 0.223. The van der Waals surface area contributed by atoms with Crippen LogP contribution in [0.25, 0.3) is 28.1 Å². The second kappa shape index (κ2) is 6.49. The number of nitrogens with one attached hydrogen (secondary N) is 1.